The summed E-state index contributed by atoms with van der Waals surface area (Å²) in [6.07, 6.45) is 9.23. The Morgan fingerprint density at radius 2 is 2.03 bits per heavy atom. The van der Waals surface area contributed by atoms with Gasteiger partial charge in [0.15, 0.2) is 5.78 Å². The summed E-state index contributed by atoms with van der Waals surface area (Å²) in [6.45, 7) is 10.3. The van der Waals surface area contributed by atoms with Crippen LogP contribution >= 0.6 is 0 Å². The Hall–Kier alpha value is -0.970. The molecule has 6 aliphatic rings. The quantitative estimate of drug-likeness (QED) is 0.572. The van der Waals surface area contributed by atoms with Crippen LogP contribution in [0.5, 0.6) is 0 Å². The van der Waals surface area contributed by atoms with Crippen molar-refractivity contribution in [2.75, 3.05) is 6.54 Å². The predicted molar refractivity (Wildman–Crippen MR) is 120 cm³/mol. The second kappa shape index (κ2) is 6.77. The fourth-order valence-corrected chi connectivity index (χ4v) is 8.93. The Morgan fingerprint density at radius 1 is 1.23 bits per heavy atom. The van der Waals surface area contributed by atoms with E-state index in [-0.39, 0.29) is 29.1 Å². The molecule has 0 aromatic heterocycles. The molecular formula is C27H39NO3. The molecule has 31 heavy (non-hydrogen) atoms. The Bertz CT molecular complexity index is 876. The van der Waals surface area contributed by atoms with Crippen LogP contribution in [0.1, 0.15) is 72.6 Å². The summed E-state index contributed by atoms with van der Waals surface area (Å²) in [5, 5.41) is 14.0. The molecule has 10 atom stereocenters. The number of ketones is 1. The minimum Gasteiger partial charge on any atom is -0.393 e. The van der Waals surface area contributed by atoms with Gasteiger partial charge in [0.05, 0.1) is 17.8 Å². The summed E-state index contributed by atoms with van der Waals surface area (Å²) < 4.78 is 6.93. The highest BCUT2D eigenvalue weighted by Gasteiger charge is 2.63. The van der Waals surface area contributed by atoms with Crippen LogP contribution in [0.15, 0.2) is 22.8 Å². The number of carbonyl (C=O) groups is 1. The van der Waals surface area contributed by atoms with Crippen molar-refractivity contribution < 1.29 is 14.6 Å². The molecule has 0 unspecified atom stereocenters. The Morgan fingerprint density at radius 3 is 2.84 bits per heavy atom. The molecule has 1 spiro atoms. The molecule has 0 aromatic rings. The predicted octanol–water partition coefficient (Wildman–Crippen LogP) is 4.18. The van der Waals surface area contributed by atoms with Crippen LogP contribution in [0, 0.1) is 35.0 Å². The monoisotopic (exact) mass is 425 g/mol. The van der Waals surface area contributed by atoms with Gasteiger partial charge in [0.1, 0.15) is 0 Å². The normalized spacial score (nSPS) is 53.7. The molecule has 0 aromatic carbocycles. The first-order valence-electron chi connectivity index (χ1n) is 12.8. The number of hydrogen-bond acceptors (Lipinski definition) is 4. The molecule has 2 saturated carbocycles. The molecular weight excluding hydrogens is 386 g/mol. The van der Waals surface area contributed by atoms with Crippen LogP contribution < -0.4 is 5.32 Å². The first-order valence-corrected chi connectivity index (χ1v) is 12.8. The minimum atomic E-state index is -0.263. The highest BCUT2D eigenvalue weighted by Crippen LogP contribution is 2.63. The Balaban J connectivity index is 1.39. The maximum atomic E-state index is 14.1. The summed E-state index contributed by atoms with van der Waals surface area (Å²) in [6, 6.07) is 0.410. The van der Waals surface area contributed by atoms with E-state index >= 15 is 0 Å². The first kappa shape index (κ1) is 20.6. The number of nitrogens with one attached hydrogen (secondary N) is 1. The minimum absolute atomic E-state index is 0.0653. The van der Waals surface area contributed by atoms with Gasteiger partial charge < -0.3 is 15.2 Å². The van der Waals surface area contributed by atoms with Gasteiger partial charge in [0, 0.05) is 23.5 Å². The molecule has 0 bridgehead atoms. The van der Waals surface area contributed by atoms with Gasteiger partial charge in [-0.1, -0.05) is 32.4 Å². The zero-order valence-corrected chi connectivity index (χ0v) is 19.6. The number of hydrogen-bond donors (Lipinski definition) is 2. The highest BCUT2D eigenvalue weighted by molar-refractivity contribution is 6.02. The van der Waals surface area contributed by atoms with Crippen LogP contribution in [0.25, 0.3) is 0 Å². The van der Waals surface area contributed by atoms with Crippen molar-refractivity contribution >= 4 is 5.78 Å². The van der Waals surface area contributed by atoms with Crippen molar-refractivity contribution in [1.29, 1.82) is 0 Å². The molecule has 4 aliphatic carbocycles. The van der Waals surface area contributed by atoms with Crippen LogP contribution in [0.2, 0.25) is 0 Å². The molecule has 4 heteroatoms. The summed E-state index contributed by atoms with van der Waals surface area (Å²) in [5.74, 6) is 2.41. The van der Waals surface area contributed by atoms with Crippen molar-refractivity contribution in [1.82, 2.24) is 5.32 Å². The van der Waals surface area contributed by atoms with E-state index in [1.165, 1.54) is 11.1 Å². The lowest BCUT2D eigenvalue weighted by Gasteiger charge is -2.48. The summed E-state index contributed by atoms with van der Waals surface area (Å²) >= 11 is 0. The summed E-state index contributed by atoms with van der Waals surface area (Å²) in [7, 11) is 0. The largest absolute Gasteiger partial charge is 0.393 e. The smallest absolute Gasteiger partial charge is 0.163 e. The topological polar surface area (TPSA) is 58.6 Å². The third-order valence-corrected chi connectivity index (χ3v) is 10.6. The van der Waals surface area contributed by atoms with Crippen LogP contribution in [-0.2, 0) is 9.53 Å². The fourth-order valence-electron chi connectivity index (χ4n) is 8.93. The van der Waals surface area contributed by atoms with E-state index in [1.807, 2.05) is 0 Å². The molecule has 4 fully saturated rings. The summed E-state index contributed by atoms with van der Waals surface area (Å²) in [5.41, 5.74) is 3.43. The number of Topliss-reactive ketones (excluding diaryl/α,β-unsaturated/α-hetero) is 1. The number of fused-ring (bicyclic) bond motifs is 6. The molecule has 0 radical (unpaired) electrons. The maximum Gasteiger partial charge on any atom is 0.163 e. The summed E-state index contributed by atoms with van der Waals surface area (Å²) in [4.78, 5) is 14.1. The van der Waals surface area contributed by atoms with E-state index in [0.29, 0.717) is 35.5 Å². The van der Waals surface area contributed by atoms with E-state index in [1.54, 1.807) is 0 Å². The van der Waals surface area contributed by atoms with Gasteiger partial charge in [-0.15, -0.1) is 0 Å². The second-order valence-corrected chi connectivity index (χ2v) is 12.1. The number of aliphatic hydroxyl groups excluding tert-OH is 1. The Labute approximate surface area is 186 Å². The lowest BCUT2D eigenvalue weighted by atomic mass is 9.56. The van der Waals surface area contributed by atoms with Gasteiger partial charge in [-0.05, 0) is 87.2 Å². The van der Waals surface area contributed by atoms with Crippen LogP contribution in [-0.4, -0.2) is 41.3 Å². The molecule has 6 rings (SSSR count). The third-order valence-electron chi connectivity index (χ3n) is 10.6. The molecule has 2 aliphatic heterocycles. The van der Waals surface area contributed by atoms with Crippen molar-refractivity contribution in [3.05, 3.63) is 22.8 Å². The van der Waals surface area contributed by atoms with Crippen molar-refractivity contribution in [2.45, 2.75) is 96.5 Å². The van der Waals surface area contributed by atoms with Crippen molar-refractivity contribution in [3.8, 4) is 0 Å². The molecule has 2 saturated heterocycles. The van der Waals surface area contributed by atoms with Crippen LogP contribution in [0.3, 0.4) is 0 Å². The second-order valence-electron chi connectivity index (χ2n) is 12.1. The van der Waals surface area contributed by atoms with E-state index < -0.39 is 0 Å². The molecule has 170 valence electrons. The van der Waals surface area contributed by atoms with Gasteiger partial charge in [0.2, 0.25) is 0 Å². The van der Waals surface area contributed by atoms with Gasteiger partial charge in [-0.2, -0.15) is 0 Å². The third kappa shape index (κ3) is 2.62. The Kier molecular flexibility index (Phi) is 4.51. The highest BCUT2D eigenvalue weighted by atomic mass is 16.5. The zero-order valence-electron chi connectivity index (χ0n) is 19.6. The number of aliphatic hydroxyl groups is 1. The lowest BCUT2D eigenvalue weighted by Crippen LogP contribution is -2.49. The van der Waals surface area contributed by atoms with Gasteiger partial charge in [-0.25, -0.2) is 0 Å². The maximum absolute atomic E-state index is 14.1. The van der Waals surface area contributed by atoms with Gasteiger partial charge in [-0.3, -0.25) is 4.79 Å². The SMILES string of the molecule is CC1=C2C(=O)[C@@H]3[C@H](CC=C4C[C@H](O)CC[C@]43C)[C@H]2CC[C@@]12O[C@H]1C[C@@H](C)CN[C@@H]1[C@@H]2C. The van der Waals surface area contributed by atoms with Crippen molar-refractivity contribution in [3.63, 3.8) is 0 Å². The standard InChI is InChI=1S/C27H39NO3/c1-14-11-21-24(28-13-14)16(3)27(31-21)10-8-19-20-6-5-17-12-18(29)7-9-26(17,4)23(20)25(30)22(19)15(27)2/h5,14,16,18-21,23-24,28-29H,6-13H2,1-4H3/t14-,16+,18-,19-,20-,21+,23+,24-,26-,27-/m1/s1. The lowest BCUT2D eigenvalue weighted by molar-refractivity contribution is -0.123. The molecule has 2 N–H and O–H groups in total. The van der Waals surface area contributed by atoms with Crippen LogP contribution in [0.4, 0.5) is 0 Å². The van der Waals surface area contributed by atoms with E-state index in [9.17, 15) is 9.90 Å². The van der Waals surface area contributed by atoms with Crippen molar-refractivity contribution in [2.24, 2.45) is 35.0 Å². The average molecular weight is 426 g/mol. The average Bonchev–Trinajstić information content (AvgIpc) is 3.18. The van der Waals surface area contributed by atoms with Gasteiger partial charge in [0.25, 0.3) is 0 Å². The molecule has 2 heterocycles. The van der Waals surface area contributed by atoms with E-state index in [0.717, 1.165) is 57.1 Å². The molecule has 0 amide bonds. The van der Waals surface area contributed by atoms with E-state index in [2.05, 4.69) is 39.1 Å². The number of ether oxygens (including phenoxy) is 1. The van der Waals surface area contributed by atoms with Gasteiger partial charge >= 0.3 is 0 Å². The zero-order chi connectivity index (χ0) is 21.7. The fraction of sp³-hybridized carbons (Fsp3) is 0.815. The first-order chi connectivity index (χ1) is 14.8. The number of carbonyl (C=O) groups excluding carboxylic acids is 1. The molecule has 4 nitrogen and oxygen atoms in total. The number of rotatable bonds is 0. The number of piperidine rings is 1. The van der Waals surface area contributed by atoms with E-state index in [4.69, 9.17) is 4.74 Å². The number of allylic oxidation sites excluding steroid dienone is 2.